The number of carboxylic acid groups (broad SMARTS) is 1. The Morgan fingerprint density at radius 1 is 0.650 bits per heavy atom. The summed E-state index contributed by atoms with van der Waals surface area (Å²) in [6.07, 6.45) is 19.2. The van der Waals surface area contributed by atoms with Gasteiger partial charge in [0.05, 0.1) is 0 Å². The Kier molecular flexibility index (Phi) is 25.5. The molecule has 3 nitrogen and oxygen atoms in total. The molecule has 0 rings (SSSR count). The van der Waals surface area contributed by atoms with Crippen molar-refractivity contribution in [2.24, 2.45) is 0 Å². The van der Waals surface area contributed by atoms with E-state index in [2.05, 4.69) is 6.92 Å². The number of aliphatic hydroxyl groups is 1. The highest BCUT2D eigenvalue weighted by Crippen LogP contribution is 2.12. The number of carbonyl (C=O) groups is 1. The van der Waals surface area contributed by atoms with E-state index in [-0.39, 0.29) is 6.47 Å². The summed E-state index contributed by atoms with van der Waals surface area (Å²) in [6, 6.07) is 0. The summed E-state index contributed by atoms with van der Waals surface area (Å²) in [5.41, 5.74) is 0. The highest BCUT2D eigenvalue weighted by molar-refractivity contribution is 5.32. The fourth-order valence-electron chi connectivity index (χ4n) is 2.31. The number of unbranched alkanes of at least 4 members (excludes halogenated alkanes) is 13. The van der Waals surface area contributed by atoms with Gasteiger partial charge in [-0.3, -0.25) is 4.79 Å². The van der Waals surface area contributed by atoms with E-state index in [9.17, 15) is 0 Å². The molecule has 0 aliphatic carbocycles. The van der Waals surface area contributed by atoms with Crippen LogP contribution in [-0.4, -0.2) is 23.3 Å². The minimum absolute atomic E-state index is 0.250. The average Bonchev–Trinajstić information content (AvgIpc) is 2.45. The summed E-state index contributed by atoms with van der Waals surface area (Å²) >= 11 is 0. The zero-order valence-corrected chi connectivity index (χ0v) is 13.5. The Labute approximate surface area is 125 Å². The lowest BCUT2D eigenvalue weighted by Crippen LogP contribution is -1.84. The summed E-state index contributed by atoms with van der Waals surface area (Å²) < 4.78 is 0. The Morgan fingerprint density at radius 3 is 1.15 bits per heavy atom. The van der Waals surface area contributed by atoms with Crippen LogP contribution in [0.4, 0.5) is 0 Å². The maximum absolute atomic E-state index is 8.64. The maximum Gasteiger partial charge on any atom is 0.290 e. The van der Waals surface area contributed by atoms with Gasteiger partial charge in [0, 0.05) is 6.61 Å². The molecule has 0 aromatic heterocycles. The fourth-order valence-corrected chi connectivity index (χ4v) is 2.31. The zero-order chi connectivity index (χ0) is 15.3. The lowest BCUT2D eigenvalue weighted by molar-refractivity contribution is -0.122. The van der Waals surface area contributed by atoms with Crippen LogP contribution < -0.4 is 0 Å². The molecule has 0 aromatic rings. The highest BCUT2D eigenvalue weighted by Gasteiger charge is 1.93. The number of rotatable bonds is 14. The van der Waals surface area contributed by atoms with Crippen LogP contribution in [0.1, 0.15) is 96.8 Å². The second-order valence-electron chi connectivity index (χ2n) is 5.43. The number of hydrogen-bond acceptors (Lipinski definition) is 2. The molecular formula is C17H36O3. The molecule has 0 aliphatic rings. The summed E-state index contributed by atoms with van der Waals surface area (Å²) in [4.78, 5) is 8.36. The van der Waals surface area contributed by atoms with Gasteiger partial charge in [-0.2, -0.15) is 0 Å². The van der Waals surface area contributed by atoms with E-state index in [1.807, 2.05) is 0 Å². The summed E-state index contributed by atoms with van der Waals surface area (Å²) in [5, 5.41) is 15.5. The fraction of sp³-hybridized carbons (Fsp3) is 0.941. The normalized spacial score (nSPS) is 9.90. The Hall–Kier alpha value is -0.570. The zero-order valence-electron chi connectivity index (χ0n) is 13.5. The third-order valence-corrected chi connectivity index (χ3v) is 3.51. The second-order valence-corrected chi connectivity index (χ2v) is 5.43. The van der Waals surface area contributed by atoms with Crippen molar-refractivity contribution in [3.63, 3.8) is 0 Å². The van der Waals surface area contributed by atoms with E-state index in [0.717, 1.165) is 6.42 Å². The molecule has 0 amide bonds. The molecule has 0 aliphatic heterocycles. The molecule has 0 atom stereocenters. The third kappa shape index (κ3) is 26.1. The van der Waals surface area contributed by atoms with Crippen molar-refractivity contribution in [2.75, 3.05) is 6.61 Å². The van der Waals surface area contributed by atoms with Crippen LogP contribution in [0.2, 0.25) is 0 Å². The molecule has 2 N–H and O–H groups in total. The van der Waals surface area contributed by atoms with Crippen LogP contribution in [0.15, 0.2) is 0 Å². The first-order chi connectivity index (χ1) is 9.83. The molecule has 0 spiro atoms. The first-order valence-corrected chi connectivity index (χ1v) is 8.52. The van der Waals surface area contributed by atoms with Gasteiger partial charge in [-0.15, -0.1) is 0 Å². The molecule has 0 saturated heterocycles. The van der Waals surface area contributed by atoms with Gasteiger partial charge in [0.25, 0.3) is 6.47 Å². The van der Waals surface area contributed by atoms with Crippen LogP contribution in [0, 0.1) is 0 Å². The first kappa shape index (κ1) is 21.7. The SMILES string of the molecule is CCCCCCCCCCCCCCCCO.O=CO. The van der Waals surface area contributed by atoms with Crippen molar-refractivity contribution in [3.05, 3.63) is 0 Å². The van der Waals surface area contributed by atoms with Gasteiger partial charge in [-0.05, 0) is 6.42 Å². The van der Waals surface area contributed by atoms with E-state index >= 15 is 0 Å². The van der Waals surface area contributed by atoms with Crippen molar-refractivity contribution in [2.45, 2.75) is 96.8 Å². The van der Waals surface area contributed by atoms with E-state index in [0.29, 0.717) is 6.61 Å². The van der Waals surface area contributed by atoms with Gasteiger partial charge in [-0.25, -0.2) is 0 Å². The van der Waals surface area contributed by atoms with Crippen LogP contribution in [0.5, 0.6) is 0 Å². The minimum Gasteiger partial charge on any atom is -0.483 e. The van der Waals surface area contributed by atoms with Gasteiger partial charge in [0.2, 0.25) is 0 Å². The van der Waals surface area contributed by atoms with Gasteiger partial charge < -0.3 is 10.2 Å². The molecule has 20 heavy (non-hydrogen) atoms. The molecule has 0 bridgehead atoms. The van der Waals surface area contributed by atoms with Gasteiger partial charge >= 0.3 is 0 Å². The first-order valence-electron chi connectivity index (χ1n) is 8.52. The molecule has 0 radical (unpaired) electrons. The Balaban J connectivity index is 0. The van der Waals surface area contributed by atoms with Crippen molar-refractivity contribution < 1.29 is 15.0 Å². The Bertz CT molecular complexity index is 146. The van der Waals surface area contributed by atoms with E-state index in [1.54, 1.807) is 0 Å². The number of aliphatic hydroxyl groups excluding tert-OH is 1. The molecular weight excluding hydrogens is 252 g/mol. The van der Waals surface area contributed by atoms with Gasteiger partial charge in [0.15, 0.2) is 0 Å². The van der Waals surface area contributed by atoms with Crippen LogP contribution in [0.3, 0.4) is 0 Å². The molecule has 122 valence electrons. The largest absolute Gasteiger partial charge is 0.483 e. The van der Waals surface area contributed by atoms with Crippen LogP contribution in [0.25, 0.3) is 0 Å². The van der Waals surface area contributed by atoms with Crippen molar-refractivity contribution >= 4 is 6.47 Å². The lowest BCUT2D eigenvalue weighted by Gasteiger charge is -2.02. The van der Waals surface area contributed by atoms with Crippen molar-refractivity contribution in [1.82, 2.24) is 0 Å². The molecule has 0 heterocycles. The van der Waals surface area contributed by atoms with E-state index < -0.39 is 0 Å². The quantitative estimate of drug-likeness (QED) is 0.343. The van der Waals surface area contributed by atoms with Crippen LogP contribution >= 0.6 is 0 Å². The third-order valence-electron chi connectivity index (χ3n) is 3.51. The second kappa shape index (κ2) is 23.5. The standard InChI is InChI=1S/C16H34O.CH2O2/c1-2-3-4-5-6-7-8-9-10-11-12-13-14-15-16-17;2-1-3/h17H,2-16H2,1H3;1H,(H,2,3). The topological polar surface area (TPSA) is 57.5 Å². The summed E-state index contributed by atoms with van der Waals surface area (Å²) in [7, 11) is 0. The van der Waals surface area contributed by atoms with E-state index in [4.69, 9.17) is 15.0 Å². The highest BCUT2D eigenvalue weighted by atomic mass is 16.3. The molecule has 0 fully saturated rings. The minimum atomic E-state index is -0.250. The summed E-state index contributed by atoms with van der Waals surface area (Å²) in [6.45, 7) is 2.40. The van der Waals surface area contributed by atoms with E-state index in [1.165, 1.54) is 83.5 Å². The van der Waals surface area contributed by atoms with Gasteiger partial charge in [0.1, 0.15) is 0 Å². The lowest BCUT2D eigenvalue weighted by atomic mass is 10.0. The van der Waals surface area contributed by atoms with Crippen molar-refractivity contribution in [1.29, 1.82) is 0 Å². The van der Waals surface area contributed by atoms with Crippen LogP contribution in [-0.2, 0) is 4.79 Å². The molecule has 0 aromatic carbocycles. The maximum atomic E-state index is 8.64. The predicted molar refractivity (Wildman–Crippen MR) is 86.1 cm³/mol. The van der Waals surface area contributed by atoms with Crippen molar-refractivity contribution in [3.8, 4) is 0 Å². The smallest absolute Gasteiger partial charge is 0.290 e. The molecule has 0 saturated carbocycles. The monoisotopic (exact) mass is 288 g/mol. The Morgan fingerprint density at radius 2 is 0.900 bits per heavy atom. The molecule has 3 heteroatoms. The van der Waals surface area contributed by atoms with Gasteiger partial charge in [-0.1, -0.05) is 90.4 Å². The predicted octanol–water partition coefficient (Wildman–Crippen LogP) is 5.16. The average molecular weight is 288 g/mol. The number of hydrogen-bond donors (Lipinski definition) is 2. The molecule has 0 unspecified atom stereocenters. The summed E-state index contributed by atoms with van der Waals surface area (Å²) in [5.74, 6) is 0.